The summed E-state index contributed by atoms with van der Waals surface area (Å²) in [6, 6.07) is 0. The van der Waals surface area contributed by atoms with Crippen LogP contribution >= 0.6 is 11.8 Å². The van der Waals surface area contributed by atoms with Gasteiger partial charge >= 0.3 is 5.97 Å². The fourth-order valence-electron chi connectivity index (χ4n) is 0.984. The van der Waals surface area contributed by atoms with E-state index in [-0.39, 0.29) is 6.61 Å². The predicted molar refractivity (Wildman–Crippen MR) is 64.2 cm³/mol. The van der Waals surface area contributed by atoms with Crippen LogP contribution in [0.5, 0.6) is 0 Å². The van der Waals surface area contributed by atoms with Gasteiger partial charge in [-0.25, -0.2) is 4.84 Å². The van der Waals surface area contributed by atoms with Crippen LogP contribution in [0.1, 0.15) is 27.7 Å². The Morgan fingerprint density at radius 1 is 1.35 bits per heavy atom. The van der Waals surface area contributed by atoms with E-state index < -0.39 is 32.8 Å². The monoisotopic (exact) mass is 287 g/mol. The summed E-state index contributed by atoms with van der Waals surface area (Å²) >= 11 is 5.42. The molecule has 8 heteroatoms. The van der Waals surface area contributed by atoms with Crippen molar-refractivity contribution in [3.05, 3.63) is 0 Å². The van der Waals surface area contributed by atoms with Gasteiger partial charge in [-0.3, -0.25) is 9.35 Å². The second-order valence-electron chi connectivity index (χ2n) is 5.16. The van der Waals surface area contributed by atoms with Crippen LogP contribution in [0.25, 0.3) is 0 Å². The average Bonchev–Trinajstić information content (AvgIpc) is 2.10. The molecule has 0 rings (SSSR count). The summed E-state index contributed by atoms with van der Waals surface area (Å²) in [7, 11) is -4.23. The molecular weight excluding hydrogens is 270 g/mol. The Hall–Kier alpha value is -0.370. The van der Waals surface area contributed by atoms with Crippen molar-refractivity contribution in [3.8, 4) is 0 Å². The van der Waals surface area contributed by atoms with Gasteiger partial charge in [-0.05, 0) is 39.5 Å². The first kappa shape index (κ1) is 16.6. The summed E-state index contributed by atoms with van der Waals surface area (Å²) in [5, 5.41) is 0. The van der Waals surface area contributed by atoms with E-state index in [1.165, 1.54) is 13.8 Å². The predicted octanol–water partition coefficient (Wildman–Crippen LogP) is 0.966. The normalized spacial score (nSPS) is 13.5. The summed E-state index contributed by atoms with van der Waals surface area (Å²) < 4.78 is 35.1. The van der Waals surface area contributed by atoms with Gasteiger partial charge in [0.25, 0.3) is 10.1 Å². The lowest BCUT2D eigenvalue weighted by atomic mass is 9.97. The van der Waals surface area contributed by atoms with Gasteiger partial charge < -0.3 is 4.74 Å². The van der Waals surface area contributed by atoms with Crippen LogP contribution in [-0.4, -0.2) is 36.8 Å². The molecule has 0 heterocycles. The molecule has 0 fully saturated rings. The topological polar surface area (TPSA) is 92.7 Å². The van der Waals surface area contributed by atoms with Crippen LogP contribution in [0.3, 0.4) is 0 Å². The molecule has 17 heavy (non-hydrogen) atoms. The van der Waals surface area contributed by atoms with E-state index >= 15 is 0 Å². The Bertz CT molecular complexity index is 377. The molecule has 6 nitrogen and oxygen atoms in total. The van der Waals surface area contributed by atoms with Crippen molar-refractivity contribution in [2.45, 2.75) is 33.2 Å². The van der Waals surface area contributed by atoms with Gasteiger partial charge in [0.2, 0.25) is 0 Å². The van der Waals surface area contributed by atoms with E-state index in [1.54, 1.807) is 13.8 Å². The Morgan fingerprint density at radius 2 is 1.82 bits per heavy atom. The van der Waals surface area contributed by atoms with Crippen molar-refractivity contribution in [1.29, 1.82) is 0 Å². The Kier molecular flexibility index (Phi) is 5.39. The first-order valence-corrected chi connectivity index (χ1v) is 6.88. The zero-order valence-electron chi connectivity index (χ0n) is 10.3. The first-order valence-electron chi connectivity index (χ1n) is 4.90. The number of carbonyl (C=O) groups is 1. The van der Waals surface area contributed by atoms with Gasteiger partial charge in [-0.15, -0.1) is 0 Å². The average molecular weight is 288 g/mol. The summed E-state index contributed by atoms with van der Waals surface area (Å²) in [6.07, 6.45) is 0. The highest BCUT2D eigenvalue weighted by Crippen LogP contribution is 2.20. The molecule has 0 aliphatic heterocycles. The standard InChI is InChI=1S/C9H18ClNO5S/c1-8(2,6-17(13,14)15)7(12)16-5-9(3,4)11-10/h11H,5-6H2,1-4H3,(H,13,14,15). The molecule has 0 aromatic carbocycles. The van der Waals surface area contributed by atoms with E-state index in [1.807, 2.05) is 0 Å². The van der Waals surface area contributed by atoms with Crippen LogP contribution in [0.2, 0.25) is 0 Å². The minimum atomic E-state index is -4.23. The molecule has 0 amide bonds. The second-order valence-corrected chi connectivity index (χ2v) is 6.81. The van der Waals surface area contributed by atoms with Crippen molar-refractivity contribution in [1.82, 2.24) is 4.84 Å². The van der Waals surface area contributed by atoms with Crippen LogP contribution in [0, 0.1) is 5.41 Å². The Labute approximate surface area is 107 Å². The minimum Gasteiger partial charge on any atom is -0.463 e. The lowest BCUT2D eigenvalue weighted by Gasteiger charge is -2.26. The third-order valence-corrected chi connectivity index (χ3v) is 3.51. The fourth-order valence-corrected chi connectivity index (χ4v) is 2.07. The largest absolute Gasteiger partial charge is 0.463 e. The molecule has 0 aliphatic carbocycles. The highest BCUT2D eigenvalue weighted by molar-refractivity contribution is 7.85. The van der Waals surface area contributed by atoms with E-state index in [9.17, 15) is 13.2 Å². The maximum Gasteiger partial charge on any atom is 0.312 e. The van der Waals surface area contributed by atoms with Crippen molar-refractivity contribution in [3.63, 3.8) is 0 Å². The van der Waals surface area contributed by atoms with Crippen molar-refractivity contribution in [2.24, 2.45) is 5.41 Å². The molecule has 0 spiro atoms. The summed E-state index contributed by atoms with van der Waals surface area (Å²) in [6.45, 7) is 6.17. The molecule has 0 saturated carbocycles. The first-order chi connectivity index (χ1) is 7.40. The van der Waals surface area contributed by atoms with Crippen LogP contribution < -0.4 is 4.84 Å². The van der Waals surface area contributed by atoms with Gasteiger partial charge in [-0.2, -0.15) is 8.42 Å². The fraction of sp³-hybridized carbons (Fsp3) is 0.889. The van der Waals surface area contributed by atoms with Gasteiger partial charge in [0.15, 0.2) is 0 Å². The number of esters is 1. The summed E-state index contributed by atoms with van der Waals surface area (Å²) in [5.41, 5.74) is -1.93. The molecule has 0 saturated heterocycles. The van der Waals surface area contributed by atoms with Gasteiger partial charge in [-0.1, -0.05) is 0 Å². The molecule has 0 aromatic rings. The van der Waals surface area contributed by atoms with Crippen LogP contribution in [-0.2, 0) is 19.6 Å². The molecule has 0 aliphatic rings. The van der Waals surface area contributed by atoms with Gasteiger partial charge in [0.1, 0.15) is 6.61 Å². The number of carbonyl (C=O) groups excluding carboxylic acids is 1. The lowest BCUT2D eigenvalue weighted by molar-refractivity contribution is -0.154. The maximum absolute atomic E-state index is 11.6. The van der Waals surface area contributed by atoms with Gasteiger partial charge in [0, 0.05) is 0 Å². The van der Waals surface area contributed by atoms with Crippen molar-refractivity contribution >= 4 is 27.9 Å². The quantitative estimate of drug-likeness (QED) is 0.429. The number of nitrogens with one attached hydrogen (secondary N) is 1. The molecule has 0 atom stereocenters. The Balaban J connectivity index is 4.51. The number of halogens is 1. The lowest BCUT2D eigenvalue weighted by Crippen LogP contribution is -2.42. The molecule has 2 N–H and O–H groups in total. The minimum absolute atomic E-state index is 0.00968. The molecule has 0 unspecified atom stereocenters. The van der Waals surface area contributed by atoms with Gasteiger partial charge in [0.05, 0.1) is 16.7 Å². The number of ether oxygens (including phenoxy) is 1. The van der Waals surface area contributed by atoms with E-state index in [4.69, 9.17) is 21.1 Å². The van der Waals surface area contributed by atoms with E-state index in [0.29, 0.717) is 0 Å². The van der Waals surface area contributed by atoms with Crippen molar-refractivity contribution in [2.75, 3.05) is 12.4 Å². The Morgan fingerprint density at radius 3 is 2.18 bits per heavy atom. The number of rotatable bonds is 6. The molecule has 0 bridgehead atoms. The number of hydrogen-bond donors (Lipinski definition) is 2. The highest BCUT2D eigenvalue weighted by atomic mass is 35.5. The smallest absolute Gasteiger partial charge is 0.312 e. The maximum atomic E-state index is 11.6. The molecular formula is C9H18ClNO5S. The van der Waals surface area contributed by atoms with E-state index in [0.717, 1.165) is 0 Å². The second kappa shape index (κ2) is 5.51. The third kappa shape index (κ3) is 6.82. The molecule has 0 aromatic heterocycles. The van der Waals surface area contributed by atoms with Crippen LogP contribution in [0.15, 0.2) is 0 Å². The summed E-state index contributed by atoms with van der Waals surface area (Å²) in [5.74, 6) is -1.40. The number of hydrogen-bond acceptors (Lipinski definition) is 5. The zero-order valence-corrected chi connectivity index (χ0v) is 11.9. The summed E-state index contributed by atoms with van der Waals surface area (Å²) in [4.78, 5) is 14.1. The third-order valence-electron chi connectivity index (χ3n) is 1.92. The van der Waals surface area contributed by atoms with E-state index in [2.05, 4.69) is 4.84 Å². The van der Waals surface area contributed by atoms with Crippen molar-refractivity contribution < 1.29 is 22.5 Å². The zero-order chi connectivity index (χ0) is 13.9. The SMILES string of the molecule is CC(C)(COC(=O)C(C)(C)CS(=O)(=O)O)NCl. The molecule has 0 radical (unpaired) electrons. The van der Waals surface area contributed by atoms with Crippen LogP contribution in [0.4, 0.5) is 0 Å². The molecule has 102 valence electrons. The highest BCUT2D eigenvalue weighted by Gasteiger charge is 2.35.